The van der Waals surface area contributed by atoms with Gasteiger partial charge in [-0.2, -0.15) is 0 Å². The van der Waals surface area contributed by atoms with Gasteiger partial charge in [-0.25, -0.2) is 4.79 Å². The normalized spacial score (nSPS) is 32.0. The predicted molar refractivity (Wildman–Crippen MR) is 83.2 cm³/mol. The monoisotopic (exact) mass is 310 g/mol. The fraction of sp³-hybridized carbons (Fsp3) is 0.647. The maximum atomic E-state index is 11.1. The van der Waals surface area contributed by atoms with Gasteiger partial charge in [0.25, 0.3) is 0 Å². The van der Waals surface area contributed by atoms with E-state index in [9.17, 15) is 14.7 Å². The molecule has 0 aromatic carbocycles. The SMILES string of the molecule is CC(=O)O[C@H]1C[C@H](C)[C@](O)(/C=C/C(C)=C\C(=O)O)C(C)(C)C1. The Bertz CT molecular complexity index is 503. The molecule has 0 aromatic heterocycles. The van der Waals surface area contributed by atoms with Crippen molar-refractivity contribution in [3.8, 4) is 0 Å². The second-order valence-corrected chi connectivity index (χ2v) is 6.84. The quantitative estimate of drug-likeness (QED) is 0.474. The first-order valence-corrected chi connectivity index (χ1v) is 7.48. The van der Waals surface area contributed by atoms with Crippen LogP contribution in [0, 0.1) is 11.3 Å². The molecule has 0 aliphatic heterocycles. The molecular weight excluding hydrogens is 284 g/mol. The van der Waals surface area contributed by atoms with Gasteiger partial charge in [0.2, 0.25) is 0 Å². The lowest BCUT2D eigenvalue weighted by atomic mass is 9.59. The summed E-state index contributed by atoms with van der Waals surface area (Å²) in [6.45, 7) is 8.84. The molecule has 2 N–H and O–H groups in total. The molecule has 0 heterocycles. The summed E-state index contributed by atoms with van der Waals surface area (Å²) in [5, 5.41) is 19.8. The molecule has 5 heteroatoms. The van der Waals surface area contributed by atoms with Crippen molar-refractivity contribution in [1.29, 1.82) is 0 Å². The average molecular weight is 310 g/mol. The Kier molecular flexibility index (Phi) is 5.57. The van der Waals surface area contributed by atoms with Crippen LogP contribution in [-0.2, 0) is 14.3 Å². The highest BCUT2D eigenvalue weighted by molar-refractivity contribution is 5.81. The van der Waals surface area contributed by atoms with Crippen molar-refractivity contribution in [1.82, 2.24) is 0 Å². The van der Waals surface area contributed by atoms with Crippen molar-refractivity contribution in [2.75, 3.05) is 0 Å². The number of rotatable bonds is 4. The lowest BCUT2D eigenvalue weighted by Gasteiger charge is -2.51. The van der Waals surface area contributed by atoms with Gasteiger partial charge < -0.3 is 14.9 Å². The number of aliphatic hydroxyl groups is 1. The number of ether oxygens (including phenoxy) is 1. The molecule has 124 valence electrons. The summed E-state index contributed by atoms with van der Waals surface area (Å²) in [6.07, 6.45) is 5.34. The van der Waals surface area contributed by atoms with E-state index in [-0.39, 0.29) is 18.0 Å². The molecule has 0 amide bonds. The molecule has 5 nitrogen and oxygen atoms in total. The number of aliphatic carboxylic acids is 1. The molecule has 0 unspecified atom stereocenters. The van der Waals surface area contributed by atoms with Crippen molar-refractivity contribution in [3.63, 3.8) is 0 Å². The van der Waals surface area contributed by atoms with Crippen LogP contribution in [0.4, 0.5) is 0 Å². The Morgan fingerprint density at radius 3 is 2.32 bits per heavy atom. The van der Waals surface area contributed by atoms with E-state index in [2.05, 4.69) is 0 Å². The van der Waals surface area contributed by atoms with Gasteiger partial charge in [-0.3, -0.25) is 4.79 Å². The summed E-state index contributed by atoms with van der Waals surface area (Å²) in [5.41, 5.74) is -1.02. The molecule has 1 saturated carbocycles. The zero-order valence-corrected chi connectivity index (χ0v) is 13.9. The van der Waals surface area contributed by atoms with Gasteiger partial charge in [0.05, 0.1) is 5.60 Å². The average Bonchev–Trinajstić information content (AvgIpc) is 2.31. The second kappa shape index (κ2) is 6.65. The van der Waals surface area contributed by atoms with Crippen molar-refractivity contribution in [2.24, 2.45) is 11.3 Å². The first-order chi connectivity index (χ1) is 9.98. The van der Waals surface area contributed by atoms with Gasteiger partial charge in [-0.15, -0.1) is 0 Å². The van der Waals surface area contributed by atoms with E-state index in [1.807, 2.05) is 20.8 Å². The van der Waals surface area contributed by atoms with E-state index >= 15 is 0 Å². The van der Waals surface area contributed by atoms with Gasteiger partial charge in [-0.1, -0.05) is 32.9 Å². The number of carboxylic acid groups (broad SMARTS) is 1. The summed E-state index contributed by atoms with van der Waals surface area (Å²) in [4.78, 5) is 21.8. The first-order valence-electron chi connectivity index (χ1n) is 7.48. The predicted octanol–water partition coefficient (Wildman–Crippen LogP) is 2.69. The van der Waals surface area contributed by atoms with E-state index in [4.69, 9.17) is 9.84 Å². The molecular formula is C17H26O5. The fourth-order valence-corrected chi connectivity index (χ4v) is 3.27. The van der Waals surface area contributed by atoms with E-state index in [0.29, 0.717) is 18.4 Å². The van der Waals surface area contributed by atoms with Crippen LogP contribution in [0.5, 0.6) is 0 Å². The van der Waals surface area contributed by atoms with Crippen LogP contribution in [0.25, 0.3) is 0 Å². The molecule has 0 bridgehead atoms. The summed E-state index contributed by atoms with van der Waals surface area (Å²) >= 11 is 0. The largest absolute Gasteiger partial charge is 0.478 e. The van der Waals surface area contributed by atoms with E-state index < -0.39 is 17.0 Å². The summed E-state index contributed by atoms with van der Waals surface area (Å²) in [5.74, 6) is -1.44. The zero-order valence-electron chi connectivity index (χ0n) is 13.9. The summed E-state index contributed by atoms with van der Waals surface area (Å²) in [6, 6.07) is 0. The van der Waals surface area contributed by atoms with Gasteiger partial charge in [0.1, 0.15) is 6.10 Å². The molecule has 0 spiro atoms. The van der Waals surface area contributed by atoms with Crippen LogP contribution in [0.2, 0.25) is 0 Å². The molecule has 0 saturated heterocycles. The van der Waals surface area contributed by atoms with Gasteiger partial charge in [0.15, 0.2) is 0 Å². The Balaban J connectivity index is 2.99. The zero-order chi connectivity index (χ0) is 17.1. The molecule has 1 fully saturated rings. The number of carbonyl (C=O) groups excluding carboxylic acids is 1. The summed E-state index contributed by atoms with van der Waals surface area (Å²) < 4.78 is 5.31. The van der Waals surface area contributed by atoms with Crippen LogP contribution in [0.3, 0.4) is 0 Å². The molecule has 3 atom stereocenters. The minimum absolute atomic E-state index is 0.116. The van der Waals surface area contributed by atoms with Gasteiger partial charge in [0, 0.05) is 18.4 Å². The van der Waals surface area contributed by atoms with Crippen molar-refractivity contribution >= 4 is 11.9 Å². The number of carbonyl (C=O) groups is 2. The summed E-state index contributed by atoms with van der Waals surface area (Å²) in [7, 11) is 0. The highest BCUT2D eigenvalue weighted by Gasteiger charge is 2.51. The maximum absolute atomic E-state index is 11.1. The lowest BCUT2D eigenvalue weighted by molar-refractivity contribution is -0.166. The number of hydrogen-bond acceptors (Lipinski definition) is 4. The molecule has 1 rings (SSSR count). The fourth-order valence-electron chi connectivity index (χ4n) is 3.27. The van der Waals surface area contributed by atoms with Crippen molar-refractivity contribution in [3.05, 3.63) is 23.8 Å². The Morgan fingerprint density at radius 1 is 1.27 bits per heavy atom. The second-order valence-electron chi connectivity index (χ2n) is 6.84. The smallest absolute Gasteiger partial charge is 0.328 e. The molecule has 1 aliphatic rings. The minimum Gasteiger partial charge on any atom is -0.478 e. The van der Waals surface area contributed by atoms with Crippen molar-refractivity contribution < 1.29 is 24.5 Å². The molecule has 0 aromatic rings. The minimum atomic E-state index is -1.09. The van der Waals surface area contributed by atoms with E-state index in [1.165, 1.54) is 6.92 Å². The molecule has 22 heavy (non-hydrogen) atoms. The van der Waals surface area contributed by atoms with Crippen LogP contribution in [0.1, 0.15) is 47.5 Å². The molecule has 0 radical (unpaired) electrons. The number of hydrogen-bond donors (Lipinski definition) is 2. The first kappa shape index (κ1) is 18.4. The van der Waals surface area contributed by atoms with Gasteiger partial charge >= 0.3 is 11.9 Å². The van der Waals surface area contributed by atoms with E-state index in [0.717, 1.165) is 6.08 Å². The highest BCUT2D eigenvalue weighted by atomic mass is 16.5. The van der Waals surface area contributed by atoms with Crippen LogP contribution in [0.15, 0.2) is 23.8 Å². The highest BCUT2D eigenvalue weighted by Crippen LogP contribution is 2.48. The Morgan fingerprint density at radius 2 is 1.86 bits per heavy atom. The van der Waals surface area contributed by atoms with Gasteiger partial charge in [-0.05, 0) is 31.3 Å². The van der Waals surface area contributed by atoms with Crippen LogP contribution < -0.4 is 0 Å². The third-order valence-corrected chi connectivity index (χ3v) is 4.47. The number of allylic oxidation sites excluding steroid dienone is 2. The third kappa shape index (κ3) is 4.19. The van der Waals surface area contributed by atoms with Crippen LogP contribution >= 0.6 is 0 Å². The Hall–Kier alpha value is -1.62. The van der Waals surface area contributed by atoms with Crippen molar-refractivity contribution in [2.45, 2.75) is 59.2 Å². The van der Waals surface area contributed by atoms with Crippen LogP contribution in [-0.4, -0.2) is 33.9 Å². The standard InChI is InChI=1S/C17H26O5/c1-11(8-15(19)20)6-7-17(21)12(2)9-14(22-13(3)18)10-16(17,4)5/h6-8,12,14,21H,9-10H2,1-5H3,(H,19,20)/b7-6+,11-8-/t12-,14-,17+/m0/s1. The Labute approximate surface area is 131 Å². The van der Waals surface area contributed by atoms with E-state index in [1.54, 1.807) is 19.1 Å². The third-order valence-electron chi connectivity index (χ3n) is 4.47. The maximum Gasteiger partial charge on any atom is 0.328 e. The topological polar surface area (TPSA) is 83.8 Å². The number of carboxylic acids is 1. The lowest BCUT2D eigenvalue weighted by Crippen LogP contribution is -2.55. The molecule has 1 aliphatic carbocycles. The number of esters is 1.